The van der Waals surface area contributed by atoms with Gasteiger partial charge in [-0.2, -0.15) is 16.9 Å². The molecule has 0 saturated carbocycles. The Kier molecular flexibility index (Phi) is 4.68. The highest BCUT2D eigenvalue weighted by Gasteiger charge is 2.27. The number of nitrogens with one attached hydrogen (secondary N) is 1. The molecule has 0 radical (unpaired) electrons. The van der Waals surface area contributed by atoms with Gasteiger partial charge in [0.1, 0.15) is 5.69 Å². The maximum absolute atomic E-state index is 11.2. The van der Waals surface area contributed by atoms with Crippen LogP contribution in [0.25, 0.3) is 0 Å². The van der Waals surface area contributed by atoms with Gasteiger partial charge in [-0.1, -0.05) is 6.92 Å². The molecule has 0 aliphatic carbocycles. The summed E-state index contributed by atoms with van der Waals surface area (Å²) in [5, 5.41) is 18.8. The zero-order valence-electron chi connectivity index (χ0n) is 11.4. The Morgan fingerprint density at radius 2 is 2.42 bits per heavy atom. The van der Waals surface area contributed by atoms with Crippen LogP contribution in [-0.2, 0) is 6.54 Å². The number of aryl methyl sites for hydroxylation is 2. The highest BCUT2D eigenvalue weighted by molar-refractivity contribution is 7.99. The Morgan fingerprint density at radius 1 is 1.63 bits per heavy atom. The van der Waals surface area contributed by atoms with Gasteiger partial charge in [0, 0.05) is 18.3 Å². The lowest BCUT2D eigenvalue weighted by Gasteiger charge is -2.23. The minimum atomic E-state index is -0.327. The molecular formula is C12H20N4O2S. The molecule has 19 heavy (non-hydrogen) atoms. The van der Waals surface area contributed by atoms with E-state index >= 15 is 0 Å². The van der Waals surface area contributed by atoms with Gasteiger partial charge in [0.2, 0.25) is 5.82 Å². The van der Waals surface area contributed by atoms with Gasteiger partial charge in [-0.15, -0.1) is 0 Å². The van der Waals surface area contributed by atoms with Crippen molar-refractivity contribution in [2.75, 3.05) is 16.8 Å². The fourth-order valence-electron chi connectivity index (χ4n) is 2.35. The van der Waals surface area contributed by atoms with Crippen molar-refractivity contribution in [2.45, 2.75) is 45.7 Å². The lowest BCUT2D eigenvalue weighted by Crippen LogP contribution is -2.27. The van der Waals surface area contributed by atoms with Crippen LogP contribution in [0.5, 0.6) is 0 Å². The number of nitro groups is 1. The van der Waals surface area contributed by atoms with Gasteiger partial charge >= 0.3 is 5.69 Å². The lowest BCUT2D eigenvalue weighted by molar-refractivity contribution is -0.384. The molecule has 1 atom stereocenters. The van der Waals surface area contributed by atoms with E-state index in [1.54, 1.807) is 11.6 Å². The summed E-state index contributed by atoms with van der Waals surface area (Å²) in [7, 11) is 0. The third-order valence-corrected chi connectivity index (χ3v) is 4.43. The first-order valence-electron chi connectivity index (χ1n) is 6.69. The standard InChI is InChI=1S/C12H20N4O2S/c1-3-6-15-12(11(16(17)18)9(2)14-15)13-10-5-4-7-19-8-10/h10,13H,3-8H2,1-2H3. The molecule has 0 spiro atoms. The molecular weight excluding hydrogens is 264 g/mol. The number of rotatable bonds is 5. The molecule has 0 amide bonds. The zero-order chi connectivity index (χ0) is 13.8. The number of nitrogens with zero attached hydrogens (tertiary/aromatic N) is 3. The van der Waals surface area contributed by atoms with Gasteiger partial charge < -0.3 is 5.32 Å². The molecule has 1 aliphatic rings. The molecule has 1 aromatic heterocycles. The quantitative estimate of drug-likeness (QED) is 0.665. The molecule has 7 heteroatoms. The second-order valence-corrected chi connectivity index (χ2v) is 5.97. The molecule has 1 aliphatic heterocycles. The van der Waals surface area contributed by atoms with Crippen LogP contribution in [0.1, 0.15) is 31.9 Å². The normalized spacial score (nSPS) is 19.4. The smallest absolute Gasteiger partial charge is 0.333 e. The first-order chi connectivity index (χ1) is 9.13. The van der Waals surface area contributed by atoms with Crippen molar-refractivity contribution in [3.63, 3.8) is 0 Å². The van der Waals surface area contributed by atoms with Crippen molar-refractivity contribution in [3.8, 4) is 0 Å². The van der Waals surface area contributed by atoms with Gasteiger partial charge in [-0.05, 0) is 31.9 Å². The van der Waals surface area contributed by atoms with E-state index in [1.165, 1.54) is 5.75 Å². The molecule has 1 fully saturated rings. The van der Waals surface area contributed by atoms with Crippen LogP contribution < -0.4 is 5.32 Å². The second kappa shape index (κ2) is 6.27. The number of anilines is 1. The van der Waals surface area contributed by atoms with Crippen molar-refractivity contribution in [1.29, 1.82) is 0 Å². The number of aromatic nitrogens is 2. The van der Waals surface area contributed by atoms with E-state index in [-0.39, 0.29) is 10.6 Å². The van der Waals surface area contributed by atoms with E-state index in [9.17, 15) is 10.1 Å². The van der Waals surface area contributed by atoms with Crippen molar-refractivity contribution in [3.05, 3.63) is 15.8 Å². The zero-order valence-corrected chi connectivity index (χ0v) is 12.2. The molecule has 1 unspecified atom stereocenters. The van der Waals surface area contributed by atoms with Crippen LogP contribution >= 0.6 is 11.8 Å². The fraction of sp³-hybridized carbons (Fsp3) is 0.750. The molecule has 1 N–H and O–H groups in total. The van der Waals surface area contributed by atoms with Gasteiger partial charge in [-0.25, -0.2) is 4.68 Å². The first kappa shape index (κ1) is 14.2. The highest BCUT2D eigenvalue weighted by Crippen LogP contribution is 2.31. The molecule has 6 nitrogen and oxygen atoms in total. The molecule has 1 saturated heterocycles. The van der Waals surface area contributed by atoms with Crippen molar-refractivity contribution >= 4 is 23.3 Å². The van der Waals surface area contributed by atoms with E-state index in [1.807, 2.05) is 18.7 Å². The van der Waals surface area contributed by atoms with Gasteiger partial charge in [0.15, 0.2) is 0 Å². The Labute approximate surface area is 117 Å². The molecule has 0 aromatic carbocycles. The van der Waals surface area contributed by atoms with Gasteiger partial charge in [0.25, 0.3) is 0 Å². The Morgan fingerprint density at radius 3 is 3.00 bits per heavy atom. The number of thioether (sulfide) groups is 1. The van der Waals surface area contributed by atoms with Crippen LogP contribution in [0.2, 0.25) is 0 Å². The van der Waals surface area contributed by atoms with E-state index in [2.05, 4.69) is 10.4 Å². The lowest BCUT2D eigenvalue weighted by atomic mass is 10.2. The molecule has 2 rings (SSSR count). The minimum absolute atomic E-state index is 0.129. The third-order valence-electron chi connectivity index (χ3n) is 3.21. The topological polar surface area (TPSA) is 73.0 Å². The summed E-state index contributed by atoms with van der Waals surface area (Å²) in [5.74, 6) is 2.78. The van der Waals surface area contributed by atoms with Gasteiger partial charge in [-0.3, -0.25) is 10.1 Å². The van der Waals surface area contributed by atoms with Crippen LogP contribution in [-0.4, -0.2) is 32.3 Å². The highest BCUT2D eigenvalue weighted by atomic mass is 32.2. The fourth-order valence-corrected chi connectivity index (χ4v) is 3.43. The summed E-state index contributed by atoms with van der Waals surface area (Å²) in [4.78, 5) is 10.9. The summed E-state index contributed by atoms with van der Waals surface area (Å²) in [6, 6.07) is 0.309. The largest absolute Gasteiger partial charge is 0.361 e. The van der Waals surface area contributed by atoms with E-state index < -0.39 is 0 Å². The summed E-state index contributed by atoms with van der Waals surface area (Å²) < 4.78 is 1.74. The predicted octanol–water partition coefficient (Wildman–Crippen LogP) is 2.82. The summed E-state index contributed by atoms with van der Waals surface area (Å²) in [6.45, 7) is 4.45. The van der Waals surface area contributed by atoms with Crippen molar-refractivity contribution < 1.29 is 4.92 Å². The summed E-state index contributed by atoms with van der Waals surface area (Å²) >= 11 is 1.90. The second-order valence-electron chi connectivity index (χ2n) is 4.82. The van der Waals surface area contributed by atoms with Crippen molar-refractivity contribution in [2.24, 2.45) is 0 Å². The third kappa shape index (κ3) is 3.20. The number of hydrogen-bond donors (Lipinski definition) is 1. The van der Waals surface area contributed by atoms with E-state index in [4.69, 9.17) is 0 Å². The SMILES string of the molecule is CCCn1nc(C)c([N+](=O)[O-])c1NC1CCCSC1. The molecule has 1 aromatic rings. The monoisotopic (exact) mass is 284 g/mol. The summed E-state index contributed by atoms with van der Waals surface area (Å²) in [6.07, 6.45) is 3.14. The Bertz CT molecular complexity index is 455. The average molecular weight is 284 g/mol. The Balaban J connectivity index is 2.26. The van der Waals surface area contributed by atoms with Crippen LogP contribution in [0.4, 0.5) is 11.5 Å². The van der Waals surface area contributed by atoms with Crippen molar-refractivity contribution in [1.82, 2.24) is 9.78 Å². The predicted molar refractivity (Wildman–Crippen MR) is 77.9 cm³/mol. The maximum atomic E-state index is 11.2. The maximum Gasteiger partial charge on any atom is 0.333 e. The van der Waals surface area contributed by atoms with E-state index in [0.29, 0.717) is 24.1 Å². The first-order valence-corrected chi connectivity index (χ1v) is 7.85. The molecule has 106 valence electrons. The van der Waals surface area contributed by atoms with E-state index in [0.717, 1.165) is 25.0 Å². The molecule has 2 heterocycles. The minimum Gasteiger partial charge on any atom is -0.361 e. The summed E-state index contributed by atoms with van der Waals surface area (Å²) in [5.41, 5.74) is 0.619. The number of hydrogen-bond acceptors (Lipinski definition) is 5. The van der Waals surface area contributed by atoms with Crippen LogP contribution in [0.15, 0.2) is 0 Å². The van der Waals surface area contributed by atoms with Crippen LogP contribution in [0, 0.1) is 17.0 Å². The average Bonchev–Trinajstić information content (AvgIpc) is 2.67. The van der Waals surface area contributed by atoms with Gasteiger partial charge in [0.05, 0.1) is 4.92 Å². The molecule has 0 bridgehead atoms. The van der Waals surface area contributed by atoms with Crippen LogP contribution in [0.3, 0.4) is 0 Å². The Hall–Kier alpha value is -1.24.